The van der Waals surface area contributed by atoms with Crippen molar-refractivity contribution in [1.29, 1.82) is 0 Å². The second-order valence-electron chi connectivity index (χ2n) is 5.18. The first-order valence-electron chi connectivity index (χ1n) is 7.39. The minimum atomic E-state index is -0.132. The number of nitrogens with zero attached hydrogens (tertiary/aromatic N) is 2. The maximum Gasteiger partial charge on any atom is 0.280 e. The average Bonchev–Trinajstić information content (AvgIpc) is 2.95. The molecule has 114 valence electrons. The summed E-state index contributed by atoms with van der Waals surface area (Å²) in [6.45, 7) is 3.23. The van der Waals surface area contributed by atoms with Gasteiger partial charge in [0.1, 0.15) is 0 Å². The van der Waals surface area contributed by atoms with Gasteiger partial charge in [-0.05, 0) is 48.7 Å². The summed E-state index contributed by atoms with van der Waals surface area (Å²) in [6.07, 6.45) is 3.30. The molecule has 0 N–H and O–H groups in total. The van der Waals surface area contributed by atoms with Gasteiger partial charge in [-0.25, -0.2) is 4.98 Å². The SMILES string of the molecule is CCCOc1cccnc1C(=O)N1CCc2cc(Cl)ccc21. The molecule has 0 radical (unpaired) electrons. The van der Waals surface area contributed by atoms with E-state index in [1.807, 2.05) is 19.1 Å². The van der Waals surface area contributed by atoms with Gasteiger partial charge >= 0.3 is 0 Å². The Bertz CT molecular complexity index is 703. The maximum atomic E-state index is 12.8. The smallest absolute Gasteiger partial charge is 0.280 e. The van der Waals surface area contributed by atoms with Crippen LogP contribution in [0.3, 0.4) is 0 Å². The summed E-state index contributed by atoms with van der Waals surface area (Å²) in [4.78, 5) is 18.8. The lowest BCUT2D eigenvalue weighted by molar-refractivity contribution is 0.0980. The van der Waals surface area contributed by atoms with Crippen molar-refractivity contribution in [3.8, 4) is 5.75 Å². The fourth-order valence-corrected chi connectivity index (χ4v) is 2.78. The van der Waals surface area contributed by atoms with E-state index in [1.54, 1.807) is 29.3 Å². The van der Waals surface area contributed by atoms with Crippen LogP contribution in [0.15, 0.2) is 36.5 Å². The highest BCUT2D eigenvalue weighted by Gasteiger charge is 2.28. The highest BCUT2D eigenvalue weighted by atomic mass is 35.5. The van der Waals surface area contributed by atoms with E-state index in [2.05, 4.69) is 4.98 Å². The Labute approximate surface area is 134 Å². The lowest BCUT2D eigenvalue weighted by Gasteiger charge is -2.18. The molecule has 0 unspecified atom stereocenters. The standard InChI is InChI=1S/C17H17ClN2O2/c1-2-10-22-15-4-3-8-19-16(15)17(21)20-9-7-12-11-13(18)5-6-14(12)20/h3-6,8,11H,2,7,9-10H2,1H3. The van der Waals surface area contributed by atoms with Crippen LogP contribution in [0.5, 0.6) is 5.75 Å². The lowest BCUT2D eigenvalue weighted by Crippen LogP contribution is -2.30. The zero-order chi connectivity index (χ0) is 15.5. The number of pyridine rings is 1. The Hall–Kier alpha value is -2.07. The molecule has 2 heterocycles. The largest absolute Gasteiger partial charge is 0.491 e. The summed E-state index contributed by atoms with van der Waals surface area (Å²) < 4.78 is 5.64. The normalized spacial score (nSPS) is 13.1. The van der Waals surface area contributed by atoms with Crippen LogP contribution in [0.4, 0.5) is 5.69 Å². The molecule has 1 amide bonds. The van der Waals surface area contributed by atoms with Crippen LogP contribution in [-0.2, 0) is 6.42 Å². The molecule has 0 fully saturated rings. The Morgan fingerprint density at radius 3 is 3.09 bits per heavy atom. The van der Waals surface area contributed by atoms with Crippen LogP contribution in [0, 0.1) is 0 Å². The van der Waals surface area contributed by atoms with Crippen molar-refractivity contribution in [3.63, 3.8) is 0 Å². The number of rotatable bonds is 4. The first-order valence-corrected chi connectivity index (χ1v) is 7.76. The summed E-state index contributed by atoms with van der Waals surface area (Å²) in [5, 5.41) is 0.692. The minimum Gasteiger partial charge on any atom is -0.491 e. The Balaban J connectivity index is 1.90. The van der Waals surface area contributed by atoms with E-state index < -0.39 is 0 Å². The van der Waals surface area contributed by atoms with Gasteiger partial charge in [0.2, 0.25) is 0 Å². The monoisotopic (exact) mass is 316 g/mol. The molecule has 2 aromatic rings. The van der Waals surface area contributed by atoms with E-state index >= 15 is 0 Å². The van der Waals surface area contributed by atoms with Crippen molar-refractivity contribution in [2.24, 2.45) is 0 Å². The molecule has 0 aliphatic carbocycles. The summed E-state index contributed by atoms with van der Waals surface area (Å²) in [7, 11) is 0. The molecule has 1 aliphatic rings. The number of hydrogen-bond acceptors (Lipinski definition) is 3. The van der Waals surface area contributed by atoms with Crippen LogP contribution < -0.4 is 9.64 Å². The fraction of sp³-hybridized carbons (Fsp3) is 0.294. The zero-order valence-corrected chi connectivity index (χ0v) is 13.1. The molecule has 0 saturated carbocycles. The molecular formula is C17H17ClN2O2. The first-order chi connectivity index (χ1) is 10.7. The number of ether oxygens (including phenoxy) is 1. The van der Waals surface area contributed by atoms with Gasteiger partial charge in [0.15, 0.2) is 11.4 Å². The van der Waals surface area contributed by atoms with Crippen molar-refractivity contribution in [2.75, 3.05) is 18.1 Å². The third-order valence-corrected chi connectivity index (χ3v) is 3.85. The van der Waals surface area contributed by atoms with Gasteiger partial charge in [-0.2, -0.15) is 0 Å². The number of halogens is 1. The quantitative estimate of drug-likeness (QED) is 0.863. The van der Waals surface area contributed by atoms with Gasteiger partial charge in [0, 0.05) is 23.5 Å². The molecule has 3 rings (SSSR count). The van der Waals surface area contributed by atoms with Gasteiger partial charge in [-0.3, -0.25) is 4.79 Å². The minimum absolute atomic E-state index is 0.132. The van der Waals surface area contributed by atoms with Crippen molar-refractivity contribution in [3.05, 3.63) is 52.8 Å². The molecule has 1 aromatic heterocycles. The highest BCUT2D eigenvalue weighted by molar-refractivity contribution is 6.30. The van der Waals surface area contributed by atoms with E-state index in [-0.39, 0.29) is 5.91 Å². The summed E-state index contributed by atoms with van der Waals surface area (Å²) >= 11 is 6.01. The summed E-state index contributed by atoms with van der Waals surface area (Å²) in [5.41, 5.74) is 2.35. The molecular weight excluding hydrogens is 300 g/mol. The molecule has 0 saturated heterocycles. The van der Waals surface area contributed by atoms with Crippen molar-refractivity contribution >= 4 is 23.2 Å². The molecule has 1 aliphatic heterocycles. The number of anilines is 1. The number of amides is 1. The number of aromatic nitrogens is 1. The lowest BCUT2D eigenvalue weighted by atomic mass is 10.2. The Kier molecular flexibility index (Phi) is 4.29. The van der Waals surface area contributed by atoms with Gasteiger partial charge < -0.3 is 9.64 Å². The third-order valence-electron chi connectivity index (χ3n) is 3.62. The molecule has 1 aromatic carbocycles. The Morgan fingerprint density at radius 1 is 1.41 bits per heavy atom. The van der Waals surface area contributed by atoms with Gasteiger partial charge in [-0.1, -0.05) is 18.5 Å². The van der Waals surface area contributed by atoms with Crippen LogP contribution in [0.2, 0.25) is 5.02 Å². The molecule has 0 spiro atoms. The first kappa shape index (κ1) is 14.9. The molecule has 4 nitrogen and oxygen atoms in total. The highest BCUT2D eigenvalue weighted by Crippen LogP contribution is 2.32. The van der Waals surface area contributed by atoms with E-state index in [4.69, 9.17) is 16.3 Å². The van der Waals surface area contributed by atoms with Gasteiger partial charge in [-0.15, -0.1) is 0 Å². The maximum absolute atomic E-state index is 12.8. The van der Waals surface area contributed by atoms with E-state index in [9.17, 15) is 4.79 Å². The summed E-state index contributed by atoms with van der Waals surface area (Å²) in [6, 6.07) is 9.17. The van der Waals surface area contributed by atoms with Crippen LogP contribution >= 0.6 is 11.6 Å². The number of benzene rings is 1. The second-order valence-corrected chi connectivity index (χ2v) is 5.61. The van der Waals surface area contributed by atoms with Crippen LogP contribution in [-0.4, -0.2) is 24.0 Å². The van der Waals surface area contributed by atoms with Crippen LogP contribution in [0.1, 0.15) is 29.4 Å². The number of carbonyl (C=O) groups excluding carboxylic acids is 1. The second kappa shape index (κ2) is 6.36. The van der Waals surface area contributed by atoms with Crippen molar-refractivity contribution < 1.29 is 9.53 Å². The average molecular weight is 317 g/mol. The third kappa shape index (κ3) is 2.79. The predicted octanol–water partition coefficient (Wildman–Crippen LogP) is 3.73. The topological polar surface area (TPSA) is 42.4 Å². The molecule has 22 heavy (non-hydrogen) atoms. The molecule has 0 atom stereocenters. The van der Waals surface area contributed by atoms with Gasteiger partial charge in [0.05, 0.1) is 6.61 Å². The number of carbonyl (C=O) groups is 1. The van der Waals surface area contributed by atoms with Gasteiger partial charge in [0.25, 0.3) is 5.91 Å². The van der Waals surface area contributed by atoms with Crippen molar-refractivity contribution in [2.45, 2.75) is 19.8 Å². The number of hydrogen-bond donors (Lipinski definition) is 0. The Morgan fingerprint density at radius 2 is 2.27 bits per heavy atom. The summed E-state index contributed by atoms with van der Waals surface area (Å²) in [5.74, 6) is 0.407. The number of fused-ring (bicyclic) bond motifs is 1. The zero-order valence-electron chi connectivity index (χ0n) is 12.4. The fourth-order valence-electron chi connectivity index (χ4n) is 2.59. The molecule has 5 heteroatoms. The predicted molar refractivity (Wildman–Crippen MR) is 86.9 cm³/mol. The van der Waals surface area contributed by atoms with E-state index in [1.165, 1.54) is 0 Å². The van der Waals surface area contributed by atoms with E-state index in [0.717, 1.165) is 24.1 Å². The molecule has 0 bridgehead atoms. The van der Waals surface area contributed by atoms with Crippen molar-refractivity contribution in [1.82, 2.24) is 4.98 Å². The van der Waals surface area contributed by atoms with E-state index in [0.29, 0.717) is 29.6 Å². The van der Waals surface area contributed by atoms with Crippen LogP contribution in [0.25, 0.3) is 0 Å².